The highest BCUT2D eigenvalue weighted by molar-refractivity contribution is 7.90. The second-order valence-electron chi connectivity index (χ2n) is 4.18. The number of pyridine rings is 1. The third-order valence-electron chi connectivity index (χ3n) is 2.64. The van der Waals surface area contributed by atoms with Crippen LogP contribution < -0.4 is 0 Å². The van der Waals surface area contributed by atoms with Gasteiger partial charge in [0, 0.05) is 12.8 Å². The Morgan fingerprint density at radius 1 is 1.53 bits per heavy atom. The van der Waals surface area contributed by atoms with Gasteiger partial charge in [-0.3, -0.25) is 0 Å². The number of hydrogen-bond donors (Lipinski definition) is 0. The topological polar surface area (TPSA) is 56.3 Å². The number of aromatic nitrogens is 1. The van der Waals surface area contributed by atoms with Crippen molar-refractivity contribution in [3.8, 4) is 0 Å². The van der Waals surface area contributed by atoms with Gasteiger partial charge in [-0.1, -0.05) is 11.6 Å². The summed E-state index contributed by atoms with van der Waals surface area (Å²) < 4.78 is 29.2. The van der Waals surface area contributed by atoms with Crippen molar-refractivity contribution in [2.24, 2.45) is 0 Å². The van der Waals surface area contributed by atoms with E-state index in [0.29, 0.717) is 17.3 Å². The number of sulfone groups is 1. The Hall–Kier alpha value is -0.650. The molecule has 6 heteroatoms. The van der Waals surface area contributed by atoms with Crippen LogP contribution in [0.5, 0.6) is 0 Å². The molecule has 1 unspecified atom stereocenters. The van der Waals surface area contributed by atoms with Crippen molar-refractivity contribution < 1.29 is 13.2 Å². The van der Waals surface area contributed by atoms with Crippen LogP contribution in [-0.2, 0) is 20.3 Å². The lowest BCUT2D eigenvalue weighted by atomic mass is 10.3. The lowest BCUT2D eigenvalue weighted by molar-refractivity contribution is 0.127. The molecule has 2 heterocycles. The molecule has 0 saturated carbocycles. The van der Waals surface area contributed by atoms with Gasteiger partial charge in [-0.25, -0.2) is 13.4 Å². The standard InChI is InChI=1S/C11H14ClNO3S/c12-11-6-9(3-4-13-11)7-17(14,15)8-10-2-1-5-16-10/h3-4,6,10H,1-2,5,7-8H2. The molecule has 0 aliphatic carbocycles. The lowest BCUT2D eigenvalue weighted by Crippen LogP contribution is -2.21. The Morgan fingerprint density at radius 2 is 2.35 bits per heavy atom. The van der Waals surface area contributed by atoms with Gasteiger partial charge in [-0.2, -0.15) is 0 Å². The van der Waals surface area contributed by atoms with E-state index >= 15 is 0 Å². The van der Waals surface area contributed by atoms with Crippen LogP contribution in [0.3, 0.4) is 0 Å². The summed E-state index contributed by atoms with van der Waals surface area (Å²) in [7, 11) is -3.15. The van der Waals surface area contributed by atoms with Crippen LogP contribution in [0.25, 0.3) is 0 Å². The van der Waals surface area contributed by atoms with Crippen LogP contribution in [0.2, 0.25) is 5.15 Å². The fourth-order valence-electron chi connectivity index (χ4n) is 1.90. The summed E-state index contributed by atoms with van der Waals surface area (Å²) in [5.41, 5.74) is 0.669. The van der Waals surface area contributed by atoms with Crippen molar-refractivity contribution in [3.05, 3.63) is 29.0 Å². The van der Waals surface area contributed by atoms with Crippen molar-refractivity contribution in [1.82, 2.24) is 4.98 Å². The number of nitrogens with zero attached hydrogens (tertiary/aromatic N) is 1. The summed E-state index contributed by atoms with van der Waals surface area (Å²) >= 11 is 5.71. The first-order valence-electron chi connectivity index (χ1n) is 5.48. The molecule has 1 aliphatic heterocycles. The molecule has 0 aromatic carbocycles. The van der Waals surface area contributed by atoms with Gasteiger partial charge in [-0.15, -0.1) is 0 Å². The van der Waals surface area contributed by atoms with Gasteiger partial charge >= 0.3 is 0 Å². The zero-order valence-corrected chi connectivity index (χ0v) is 10.9. The van der Waals surface area contributed by atoms with E-state index < -0.39 is 9.84 Å². The van der Waals surface area contributed by atoms with E-state index in [1.54, 1.807) is 12.1 Å². The number of hydrogen-bond acceptors (Lipinski definition) is 4. The van der Waals surface area contributed by atoms with Crippen molar-refractivity contribution >= 4 is 21.4 Å². The van der Waals surface area contributed by atoms with Gasteiger partial charge in [0.15, 0.2) is 9.84 Å². The molecule has 0 amide bonds. The van der Waals surface area contributed by atoms with E-state index in [4.69, 9.17) is 16.3 Å². The number of rotatable bonds is 4. The number of halogens is 1. The summed E-state index contributed by atoms with van der Waals surface area (Å²) in [6.45, 7) is 0.668. The molecule has 1 saturated heterocycles. The maximum absolute atomic E-state index is 11.9. The normalized spacial score (nSPS) is 20.6. The van der Waals surface area contributed by atoms with Crippen molar-refractivity contribution in [2.45, 2.75) is 24.7 Å². The van der Waals surface area contributed by atoms with Crippen LogP contribution in [0, 0.1) is 0 Å². The van der Waals surface area contributed by atoms with E-state index in [1.807, 2.05) is 0 Å². The van der Waals surface area contributed by atoms with E-state index in [9.17, 15) is 8.42 Å². The highest BCUT2D eigenvalue weighted by atomic mass is 35.5. The van der Waals surface area contributed by atoms with Crippen molar-refractivity contribution in [3.63, 3.8) is 0 Å². The maximum Gasteiger partial charge on any atom is 0.156 e. The molecule has 2 rings (SSSR count). The average Bonchev–Trinajstić information content (AvgIpc) is 2.68. The Kier molecular flexibility index (Phi) is 4.01. The van der Waals surface area contributed by atoms with E-state index in [0.717, 1.165) is 12.8 Å². The molecule has 1 atom stereocenters. The first kappa shape index (κ1) is 12.8. The molecule has 1 aromatic rings. The smallest absolute Gasteiger partial charge is 0.156 e. The largest absolute Gasteiger partial charge is 0.377 e. The molecule has 1 fully saturated rings. The highest BCUT2D eigenvalue weighted by Crippen LogP contribution is 2.17. The van der Waals surface area contributed by atoms with Crippen LogP contribution in [0.4, 0.5) is 0 Å². The molecule has 17 heavy (non-hydrogen) atoms. The predicted molar refractivity (Wildman–Crippen MR) is 65.7 cm³/mol. The van der Waals surface area contributed by atoms with Gasteiger partial charge in [0.1, 0.15) is 5.15 Å². The van der Waals surface area contributed by atoms with Crippen LogP contribution >= 0.6 is 11.6 Å². The lowest BCUT2D eigenvalue weighted by Gasteiger charge is -2.10. The zero-order chi connectivity index (χ0) is 12.3. The molecule has 94 valence electrons. The monoisotopic (exact) mass is 275 g/mol. The summed E-state index contributed by atoms with van der Waals surface area (Å²) in [6, 6.07) is 3.24. The molecule has 4 nitrogen and oxygen atoms in total. The summed E-state index contributed by atoms with van der Waals surface area (Å²) in [6.07, 6.45) is 3.15. The summed E-state index contributed by atoms with van der Waals surface area (Å²) in [5, 5.41) is 0.315. The molecule has 1 aliphatic rings. The Bertz CT molecular complexity index is 483. The van der Waals surface area contributed by atoms with Crippen molar-refractivity contribution in [2.75, 3.05) is 12.4 Å². The predicted octanol–water partition coefficient (Wildman–Crippen LogP) is 1.83. The number of ether oxygens (including phenoxy) is 1. The highest BCUT2D eigenvalue weighted by Gasteiger charge is 2.23. The first-order valence-corrected chi connectivity index (χ1v) is 7.67. The minimum Gasteiger partial charge on any atom is -0.377 e. The minimum atomic E-state index is -3.15. The van der Waals surface area contributed by atoms with Gasteiger partial charge in [0.2, 0.25) is 0 Å². The first-order chi connectivity index (χ1) is 8.05. The van der Waals surface area contributed by atoms with Gasteiger partial charge < -0.3 is 4.74 Å². The van der Waals surface area contributed by atoms with Crippen LogP contribution in [0.15, 0.2) is 18.3 Å². The second-order valence-corrected chi connectivity index (χ2v) is 6.67. The summed E-state index contributed by atoms with van der Waals surface area (Å²) in [5.74, 6) is 0.0854. The minimum absolute atomic E-state index is 0.00486. The zero-order valence-electron chi connectivity index (χ0n) is 9.30. The Labute approximate surface area is 106 Å². The van der Waals surface area contributed by atoms with E-state index in [1.165, 1.54) is 6.20 Å². The van der Waals surface area contributed by atoms with Crippen molar-refractivity contribution in [1.29, 1.82) is 0 Å². The fraction of sp³-hybridized carbons (Fsp3) is 0.545. The van der Waals surface area contributed by atoms with E-state index in [-0.39, 0.29) is 17.6 Å². The molecule has 0 radical (unpaired) electrons. The Balaban J connectivity index is 2.01. The molecule has 0 spiro atoms. The Morgan fingerprint density at radius 3 is 3.00 bits per heavy atom. The quantitative estimate of drug-likeness (QED) is 0.787. The van der Waals surface area contributed by atoms with Gasteiger partial charge in [0.25, 0.3) is 0 Å². The molecule has 1 aromatic heterocycles. The van der Waals surface area contributed by atoms with Crippen LogP contribution in [0.1, 0.15) is 18.4 Å². The van der Waals surface area contributed by atoms with Gasteiger partial charge in [-0.05, 0) is 30.5 Å². The molecule has 0 bridgehead atoms. The maximum atomic E-state index is 11.9. The third kappa shape index (κ3) is 3.94. The summed E-state index contributed by atoms with van der Waals surface area (Å²) in [4.78, 5) is 3.82. The molecular weight excluding hydrogens is 262 g/mol. The second kappa shape index (κ2) is 5.33. The molecule has 0 N–H and O–H groups in total. The third-order valence-corrected chi connectivity index (χ3v) is 4.50. The molecular formula is C11H14ClNO3S. The average molecular weight is 276 g/mol. The SMILES string of the molecule is O=S(=O)(Cc1ccnc(Cl)c1)CC1CCCO1. The fourth-order valence-corrected chi connectivity index (χ4v) is 3.74. The van der Waals surface area contributed by atoms with E-state index in [2.05, 4.69) is 4.98 Å². The van der Waals surface area contributed by atoms with Gasteiger partial charge in [0.05, 0.1) is 17.6 Å². The van der Waals surface area contributed by atoms with Crippen LogP contribution in [-0.4, -0.2) is 31.9 Å².